The molecule has 0 aliphatic heterocycles. The third kappa shape index (κ3) is 3.65. The lowest BCUT2D eigenvalue weighted by atomic mass is 10.0. The first kappa shape index (κ1) is 17.4. The number of rotatable bonds is 4. The Morgan fingerprint density at radius 3 is 1.60 bits per heavy atom. The van der Waals surface area contributed by atoms with E-state index in [2.05, 4.69) is 62.3 Å². The van der Waals surface area contributed by atoms with Crippen molar-refractivity contribution in [3.05, 3.63) is 95.1 Å². The lowest BCUT2D eigenvalue weighted by molar-refractivity contribution is 0.321. The molecule has 0 bridgehead atoms. The van der Waals surface area contributed by atoms with Gasteiger partial charge in [0.2, 0.25) is 0 Å². The lowest BCUT2D eigenvalue weighted by Gasteiger charge is -2.22. The Kier molecular flexibility index (Phi) is 5.31. The molecule has 0 saturated carbocycles. The Hall–Kier alpha value is -2.44. The molecule has 1 N–H and O–H groups in total. The van der Waals surface area contributed by atoms with Gasteiger partial charge in [0.25, 0.3) is 0 Å². The molecule has 0 heterocycles. The molecule has 0 saturated heterocycles. The highest BCUT2D eigenvalue weighted by Gasteiger charge is 2.25. The molecule has 0 aliphatic rings. The van der Waals surface area contributed by atoms with Crippen LogP contribution in [0.5, 0.6) is 0 Å². The predicted molar refractivity (Wildman–Crippen MR) is 108 cm³/mol. The monoisotopic (exact) mass is 347 g/mol. The van der Waals surface area contributed by atoms with Crippen LogP contribution in [0.15, 0.2) is 78.0 Å². The normalized spacial score (nSPS) is 11.8. The molecule has 0 atom stereocenters. The maximum absolute atomic E-state index is 9.99. The van der Waals surface area contributed by atoms with Gasteiger partial charge in [-0.05, 0) is 42.5 Å². The summed E-state index contributed by atoms with van der Waals surface area (Å²) in [5.74, 6) is 0. The van der Waals surface area contributed by atoms with Crippen LogP contribution in [-0.2, 0) is 0 Å². The molecule has 3 heteroatoms. The van der Waals surface area contributed by atoms with Gasteiger partial charge >= 0.3 is 0 Å². The molecular weight excluding hydrogens is 325 g/mol. The molecule has 3 rings (SSSR count). The van der Waals surface area contributed by atoms with E-state index in [1.807, 2.05) is 36.4 Å². The number of oxime groups is 1. The highest BCUT2D eigenvalue weighted by molar-refractivity contribution is 7.88. The standard InChI is InChI=1S/C22H22NOP/c1-16-14-17(2)21(18(3)15-16)22(23-24)25(19-10-6-4-7-11-19)20-12-8-5-9-13-20/h4-15,24H,1-3H3. The van der Waals surface area contributed by atoms with Crippen LogP contribution >= 0.6 is 7.92 Å². The SMILES string of the molecule is Cc1cc(C)c(C(=NO)P(c2ccccc2)c2ccccc2)c(C)c1. The van der Waals surface area contributed by atoms with Gasteiger partial charge in [-0.1, -0.05) is 83.5 Å². The molecule has 3 aromatic carbocycles. The quantitative estimate of drug-likeness (QED) is 0.310. The second-order valence-electron chi connectivity index (χ2n) is 6.20. The van der Waals surface area contributed by atoms with Gasteiger partial charge in [-0.2, -0.15) is 0 Å². The van der Waals surface area contributed by atoms with Gasteiger partial charge in [0.1, 0.15) is 5.45 Å². The molecule has 25 heavy (non-hydrogen) atoms. The molecule has 0 aliphatic carbocycles. The van der Waals surface area contributed by atoms with Crippen LogP contribution < -0.4 is 10.6 Å². The largest absolute Gasteiger partial charge is 0.410 e. The Morgan fingerprint density at radius 1 is 0.760 bits per heavy atom. The van der Waals surface area contributed by atoms with Crippen LogP contribution in [0, 0.1) is 20.8 Å². The summed E-state index contributed by atoms with van der Waals surface area (Å²) in [4.78, 5) is 0. The fourth-order valence-electron chi connectivity index (χ4n) is 3.29. The minimum atomic E-state index is -0.933. The van der Waals surface area contributed by atoms with Gasteiger partial charge in [0.05, 0.1) is 0 Å². The average molecular weight is 347 g/mol. The van der Waals surface area contributed by atoms with Crippen LogP contribution in [0.3, 0.4) is 0 Å². The van der Waals surface area contributed by atoms with Crippen LogP contribution in [-0.4, -0.2) is 10.7 Å². The first-order valence-corrected chi connectivity index (χ1v) is 9.66. The zero-order valence-electron chi connectivity index (χ0n) is 14.8. The predicted octanol–water partition coefficient (Wildman–Crippen LogP) is 4.88. The van der Waals surface area contributed by atoms with Crippen molar-refractivity contribution in [2.24, 2.45) is 5.16 Å². The van der Waals surface area contributed by atoms with E-state index in [-0.39, 0.29) is 0 Å². The number of hydrogen-bond donors (Lipinski definition) is 1. The molecular formula is C22H22NOP. The molecule has 0 aromatic heterocycles. The fraction of sp³-hybridized carbons (Fsp3) is 0.136. The summed E-state index contributed by atoms with van der Waals surface area (Å²) in [6, 6.07) is 24.9. The number of benzene rings is 3. The minimum Gasteiger partial charge on any atom is -0.410 e. The second kappa shape index (κ2) is 7.63. The maximum atomic E-state index is 9.99. The summed E-state index contributed by atoms with van der Waals surface area (Å²) in [5.41, 5.74) is 5.31. The highest BCUT2D eigenvalue weighted by atomic mass is 31.1. The Bertz CT molecular complexity index is 826. The third-order valence-corrected chi connectivity index (χ3v) is 6.60. The maximum Gasteiger partial charge on any atom is 0.119 e. The van der Waals surface area contributed by atoms with Crippen LogP contribution in [0.1, 0.15) is 22.3 Å². The van der Waals surface area contributed by atoms with Crippen molar-refractivity contribution in [2.45, 2.75) is 20.8 Å². The van der Waals surface area contributed by atoms with Gasteiger partial charge in [0, 0.05) is 13.5 Å². The molecule has 3 aromatic rings. The molecule has 0 spiro atoms. The molecule has 0 radical (unpaired) electrons. The number of hydrogen-bond acceptors (Lipinski definition) is 2. The van der Waals surface area contributed by atoms with E-state index in [1.54, 1.807) is 0 Å². The Balaban J connectivity index is 2.22. The summed E-state index contributed by atoms with van der Waals surface area (Å²) in [7, 11) is -0.933. The van der Waals surface area contributed by atoms with Crippen molar-refractivity contribution in [1.82, 2.24) is 0 Å². The fourth-order valence-corrected chi connectivity index (χ4v) is 5.68. The Labute approximate surface area is 150 Å². The van der Waals surface area contributed by atoms with Crippen LogP contribution in [0.25, 0.3) is 0 Å². The Morgan fingerprint density at radius 2 is 1.20 bits per heavy atom. The molecule has 0 unspecified atom stereocenters. The van der Waals surface area contributed by atoms with Gasteiger partial charge in [-0.25, -0.2) is 0 Å². The average Bonchev–Trinajstić information content (AvgIpc) is 2.61. The smallest absolute Gasteiger partial charge is 0.119 e. The zero-order chi connectivity index (χ0) is 17.8. The summed E-state index contributed by atoms with van der Waals surface area (Å²) < 4.78 is 0. The van der Waals surface area contributed by atoms with E-state index >= 15 is 0 Å². The topological polar surface area (TPSA) is 32.6 Å². The number of nitrogens with zero attached hydrogens (tertiary/aromatic N) is 1. The van der Waals surface area contributed by atoms with Crippen LogP contribution in [0.2, 0.25) is 0 Å². The van der Waals surface area contributed by atoms with Gasteiger partial charge in [0.15, 0.2) is 0 Å². The van der Waals surface area contributed by atoms with E-state index < -0.39 is 7.92 Å². The third-order valence-electron chi connectivity index (χ3n) is 4.24. The molecule has 126 valence electrons. The summed E-state index contributed by atoms with van der Waals surface area (Å²) in [6.07, 6.45) is 0. The van der Waals surface area contributed by atoms with Crippen molar-refractivity contribution in [3.63, 3.8) is 0 Å². The summed E-state index contributed by atoms with van der Waals surface area (Å²) in [6.45, 7) is 6.27. The van der Waals surface area contributed by atoms with Crippen molar-refractivity contribution in [3.8, 4) is 0 Å². The van der Waals surface area contributed by atoms with Gasteiger partial charge < -0.3 is 5.21 Å². The zero-order valence-corrected chi connectivity index (χ0v) is 15.7. The van der Waals surface area contributed by atoms with Crippen molar-refractivity contribution < 1.29 is 5.21 Å². The first-order chi connectivity index (χ1) is 12.1. The van der Waals surface area contributed by atoms with E-state index in [4.69, 9.17) is 0 Å². The van der Waals surface area contributed by atoms with E-state index in [1.165, 1.54) is 16.2 Å². The molecule has 0 amide bonds. The van der Waals surface area contributed by atoms with E-state index in [9.17, 15) is 5.21 Å². The summed E-state index contributed by atoms with van der Waals surface area (Å²) in [5, 5.41) is 16.2. The molecule has 0 fully saturated rings. The van der Waals surface area contributed by atoms with Crippen LogP contribution in [0.4, 0.5) is 0 Å². The first-order valence-electron chi connectivity index (χ1n) is 8.32. The second-order valence-corrected chi connectivity index (χ2v) is 8.33. The van der Waals surface area contributed by atoms with Gasteiger partial charge in [-0.15, -0.1) is 0 Å². The van der Waals surface area contributed by atoms with E-state index in [0.29, 0.717) is 0 Å². The van der Waals surface area contributed by atoms with Crippen molar-refractivity contribution in [2.75, 3.05) is 0 Å². The van der Waals surface area contributed by atoms with Crippen molar-refractivity contribution in [1.29, 1.82) is 0 Å². The summed E-state index contributed by atoms with van der Waals surface area (Å²) >= 11 is 0. The lowest BCUT2D eigenvalue weighted by Crippen LogP contribution is -2.20. The van der Waals surface area contributed by atoms with Crippen molar-refractivity contribution >= 4 is 24.0 Å². The highest BCUT2D eigenvalue weighted by Crippen LogP contribution is 2.40. The minimum absolute atomic E-state index is 0.752. The number of aryl methyl sites for hydroxylation is 3. The van der Waals surface area contributed by atoms with E-state index in [0.717, 1.165) is 22.1 Å². The molecule has 2 nitrogen and oxygen atoms in total. The van der Waals surface area contributed by atoms with Gasteiger partial charge in [-0.3, -0.25) is 0 Å².